The first-order valence-corrected chi connectivity index (χ1v) is 18.8. The largest absolute Gasteiger partial charge is 0.485 e. The summed E-state index contributed by atoms with van der Waals surface area (Å²) in [5.74, 6) is 2.77. The zero-order chi connectivity index (χ0) is 36.0. The molecule has 9 rings (SSSR count). The van der Waals surface area contributed by atoms with Gasteiger partial charge < -0.3 is 23.8 Å². The Labute approximate surface area is 312 Å². The molecule has 0 saturated carbocycles. The van der Waals surface area contributed by atoms with E-state index in [4.69, 9.17) is 14.2 Å². The molecule has 5 atom stereocenters. The molecule has 6 nitrogen and oxygen atoms in total. The molecule has 1 aromatic heterocycles. The predicted octanol–water partition coefficient (Wildman–Crippen LogP) is 9.62. The molecular weight excluding hydrogens is 657 g/mol. The minimum atomic E-state index is -0.646. The smallest absolute Gasteiger partial charge is 0.203 e. The number of aliphatic hydroxyl groups is 1. The number of pyridine rings is 1. The third-order valence-electron chi connectivity index (χ3n) is 11.3. The number of fused-ring (bicyclic) bond motifs is 4. The number of para-hydroxylation sites is 1. The lowest BCUT2D eigenvalue weighted by molar-refractivity contribution is -0.984. The van der Waals surface area contributed by atoms with Crippen LogP contribution in [0.2, 0.25) is 0 Å². The van der Waals surface area contributed by atoms with Gasteiger partial charge in [-0.1, -0.05) is 115 Å². The molecule has 6 aromatic rings. The van der Waals surface area contributed by atoms with Gasteiger partial charge in [0.15, 0.2) is 11.5 Å². The van der Waals surface area contributed by atoms with Crippen molar-refractivity contribution in [3.8, 4) is 17.2 Å². The van der Waals surface area contributed by atoms with Crippen LogP contribution in [0.1, 0.15) is 46.8 Å². The van der Waals surface area contributed by atoms with Crippen molar-refractivity contribution in [2.24, 2.45) is 11.8 Å². The summed E-state index contributed by atoms with van der Waals surface area (Å²) >= 11 is 0. The fourth-order valence-electron chi connectivity index (χ4n) is 8.61. The molecule has 0 unspecified atom stereocenters. The number of piperidine rings is 3. The Morgan fingerprint density at radius 2 is 1.28 bits per heavy atom. The maximum absolute atomic E-state index is 12.4. The summed E-state index contributed by atoms with van der Waals surface area (Å²) in [6, 6.07) is 45.0. The molecule has 268 valence electrons. The van der Waals surface area contributed by atoms with Gasteiger partial charge in [-0.2, -0.15) is 0 Å². The standard InChI is InChI=1S/C47H47N2O4/c1-2-38-30-49(25-23-39(38)28-43(49)46(50)41-22-24-48-42-21-13-12-20-40(41)42)29-37-26-44(51-31-34-14-6-3-7-15-34)47(53-33-36-18-10-5-11-19-36)45(27-37)52-32-35-16-8-4-9-17-35/h2-22,24,26-27,38-39,43,46,50H,1,23,25,28-33H2/q+1/t38-,39-,43+,46-,49+/m0/s1. The van der Waals surface area contributed by atoms with Crippen molar-refractivity contribution in [2.45, 2.75) is 51.4 Å². The topological polar surface area (TPSA) is 60.8 Å². The predicted molar refractivity (Wildman–Crippen MR) is 209 cm³/mol. The highest BCUT2D eigenvalue weighted by atomic mass is 16.5. The molecule has 53 heavy (non-hydrogen) atoms. The minimum Gasteiger partial charge on any atom is -0.485 e. The molecule has 0 spiro atoms. The van der Waals surface area contributed by atoms with Crippen LogP contribution in [0.15, 0.2) is 152 Å². The van der Waals surface area contributed by atoms with Gasteiger partial charge in [0.25, 0.3) is 0 Å². The summed E-state index contributed by atoms with van der Waals surface area (Å²) < 4.78 is 20.7. The quantitative estimate of drug-likeness (QED) is 0.0905. The van der Waals surface area contributed by atoms with Crippen molar-refractivity contribution < 1.29 is 23.8 Å². The van der Waals surface area contributed by atoms with Gasteiger partial charge in [-0.25, -0.2) is 0 Å². The van der Waals surface area contributed by atoms with E-state index >= 15 is 0 Å². The van der Waals surface area contributed by atoms with Gasteiger partial charge in [0, 0.05) is 35.9 Å². The van der Waals surface area contributed by atoms with Crippen LogP contribution in [0, 0.1) is 11.8 Å². The van der Waals surface area contributed by atoms with E-state index in [0.29, 0.717) is 55.4 Å². The molecule has 0 aliphatic carbocycles. The summed E-state index contributed by atoms with van der Waals surface area (Å²) in [6.07, 6.45) is 5.36. The maximum Gasteiger partial charge on any atom is 0.203 e. The Morgan fingerprint density at radius 1 is 0.717 bits per heavy atom. The van der Waals surface area contributed by atoms with Crippen LogP contribution in [-0.4, -0.2) is 33.7 Å². The molecule has 0 radical (unpaired) electrons. The second-order valence-electron chi connectivity index (χ2n) is 14.6. The number of nitrogens with zero attached hydrogens (tertiary/aromatic N) is 2. The van der Waals surface area contributed by atoms with Gasteiger partial charge in [-0.05, 0) is 52.4 Å². The third kappa shape index (κ3) is 7.57. The van der Waals surface area contributed by atoms with E-state index in [1.165, 1.54) is 0 Å². The molecule has 5 aromatic carbocycles. The Balaban J connectivity index is 1.19. The molecule has 6 heteroatoms. The average Bonchev–Trinajstić information content (AvgIpc) is 3.22. The zero-order valence-electron chi connectivity index (χ0n) is 30.1. The molecule has 2 bridgehead atoms. The number of benzene rings is 5. The van der Waals surface area contributed by atoms with Crippen LogP contribution in [0.25, 0.3) is 10.9 Å². The SMILES string of the molecule is C=C[C@H]1C[N@+]2(Cc3cc(OCc4ccccc4)c(OCc4ccccc4)c(OCc4ccccc4)c3)CC[C@H]1C[C@@H]2[C@@H](O)c1ccnc2ccccc12. The Morgan fingerprint density at radius 3 is 1.89 bits per heavy atom. The fourth-order valence-corrected chi connectivity index (χ4v) is 8.61. The van der Waals surface area contributed by atoms with Crippen molar-refractivity contribution in [1.29, 1.82) is 0 Å². The molecule has 0 amide bonds. The summed E-state index contributed by atoms with van der Waals surface area (Å²) in [7, 11) is 0. The molecule has 4 heterocycles. The highest BCUT2D eigenvalue weighted by Gasteiger charge is 2.54. The van der Waals surface area contributed by atoms with Crippen molar-refractivity contribution >= 4 is 10.9 Å². The van der Waals surface area contributed by atoms with E-state index in [-0.39, 0.29) is 6.04 Å². The van der Waals surface area contributed by atoms with Crippen LogP contribution in [0.3, 0.4) is 0 Å². The Hall–Kier alpha value is -5.43. The molecule has 3 saturated heterocycles. The van der Waals surface area contributed by atoms with Gasteiger partial charge in [-0.15, -0.1) is 6.58 Å². The number of hydrogen-bond donors (Lipinski definition) is 1. The zero-order valence-corrected chi connectivity index (χ0v) is 30.1. The van der Waals surface area contributed by atoms with E-state index in [0.717, 1.165) is 69.1 Å². The van der Waals surface area contributed by atoms with Gasteiger partial charge >= 0.3 is 0 Å². The first kappa shape index (κ1) is 34.6. The summed E-state index contributed by atoms with van der Waals surface area (Å²) in [6.45, 7) is 8.03. The lowest BCUT2D eigenvalue weighted by Gasteiger charge is -2.58. The van der Waals surface area contributed by atoms with E-state index in [2.05, 4.69) is 72.2 Å². The maximum atomic E-state index is 12.4. The van der Waals surface area contributed by atoms with E-state index < -0.39 is 6.10 Å². The van der Waals surface area contributed by atoms with Gasteiger partial charge in [0.1, 0.15) is 38.5 Å². The molecule has 1 N–H and O–H groups in total. The third-order valence-corrected chi connectivity index (χ3v) is 11.3. The Bertz CT molecular complexity index is 2070. The molecular formula is C47H47N2O4+. The number of hydrogen-bond acceptors (Lipinski definition) is 5. The summed E-state index contributed by atoms with van der Waals surface area (Å²) in [5, 5.41) is 13.4. The fraction of sp³-hybridized carbons (Fsp3) is 0.255. The van der Waals surface area contributed by atoms with Crippen molar-refractivity contribution in [3.63, 3.8) is 0 Å². The molecule has 3 aliphatic rings. The lowest BCUT2D eigenvalue weighted by atomic mass is 9.71. The molecule has 3 fully saturated rings. The van der Waals surface area contributed by atoms with Crippen LogP contribution < -0.4 is 14.2 Å². The number of aromatic nitrogens is 1. The number of ether oxygens (including phenoxy) is 3. The second-order valence-corrected chi connectivity index (χ2v) is 14.6. The van der Waals surface area contributed by atoms with E-state index in [1.54, 1.807) is 0 Å². The van der Waals surface area contributed by atoms with Gasteiger partial charge in [0.05, 0.1) is 18.6 Å². The first-order chi connectivity index (χ1) is 26.1. The first-order valence-electron chi connectivity index (χ1n) is 18.8. The van der Waals surface area contributed by atoms with Gasteiger partial charge in [0.2, 0.25) is 5.75 Å². The van der Waals surface area contributed by atoms with Gasteiger partial charge in [-0.3, -0.25) is 4.98 Å². The number of rotatable bonds is 14. The second kappa shape index (κ2) is 15.7. The highest BCUT2D eigenvalue weighted by Crippen LogP contribution is 2.49. The number of quaternary nitrogens is 1. The number of aliphatic hydroxyl groups excluding tert-OH is 1. The van der Waals surface area contributed by atoms with Crippen molar-refractivity contribution in [3.05, 3.63) is 180 Å². The summed E-state index contributed by atoms with van der Waals surface area (Å²) in [5.41, 5.74) is 6.14. The highest BCUT2D eigenvalue weighted by molar-refractivity contribution is 5.82. The van der Waals surface area contributed by atoms with Crippen LogP contribution >= 0.6 is 0 Å². The van der Waals surface area contributed by atoms with Crippen LogP contribution in [-0.2, 0) is 26.4 Å². The van der Waals surface area contributed by atoms with E-state index in [9.17, 15) is 5.11 Å². The molecule has 3 aliphatic heterocycles. The lowest BCUT2D eigenvalue weighted by Crippen LogP contribution is -2.67. The van der Waals surface area contributed by atoms with Crippen molar-refractivity contribution in [1.82, 2.24) is 4.98 Å². The van der Waals surface area contributed by atoms with Crippen molar-refractivity contribution in [2.75, 3.05) is 13.1 Å². The monoisotopic (exact) mass is 703 g/mol. The average molecular weight is 704 g/mol. The normalized spacial score (nSPS) is 21.2. The van der Waals surface area contributed by atoms with Crippen LogP contribution in [0.5, 0.6) is 17.2 Å². The van der Waals surface area contributed by atoms with E-state index in [1.807, 2.05) is 85.1 Å². The summed E-state index contributed by atoms with van der Waals surface area (Å²) in [4.78, 5) is 4.60. The Kier molecular flexibility index (Phi) is 10.2. The van der Waals surface area contributed by atoms with Crippen LogP contribution in [0.4, 0.5) is 0 Å². The minimum absolute atomic E-state index is 0.00661.